The third kappa shape index (κ3) is 3.02. The summed E-state index contributed by atoms with van der Waals surface area (Å²) in [5.41, 5.74) is -0.171. The third-order valence-corrected chi connectivity index (χ3v) is 1.40. The van der Waals surface area contributed by atoms with Gasteiger partial charge in [0, 0.05) is 0 Å². The van der Waals surface area contributed by atoms with Crippen LogP contribution >= 0.6 is 0 Å². The largest absolute Gasteiger partial charge is 0.504 e. The fraction of sp³-hybridized carbons (Fsp3) is 0.222. The molecule has 0 amide bonds. The number of methoxy groups -OCH3 is 1. The van der Waals surface area contributed by atoms with E-state index < -0.39 is 11.7 Å². The van der Waals surface area contributed by atoms with Gasteiger partial charge >= 0.3 is 5.97 Å². The lowest BCUT2D eigenvalue weighted by molar-refractivity contribution is -0.132. The van der Waals surface area contributed by atoms with Crippen LogP contribution in [-0.4, -0.2) is 23.3 Å². The summed E-state index contributed by atoms with van der Waals surface area (Å²) in [6.07, 6.45) is 2.77. The molecule has 0 bridgehead atoms. The molecule has 13 heavy (non-hydrogen) atoms. The first-order chi connectivity index (χ1) is 6.04. The van der Waals surface area contributed by atoms with Crippen LogP contribution in [0.5, 0.6) is 0 Å². The molecule has 0 spiro atoms. The van der Waals surface area contributed by atoms with Gasteiger partial charge < -0.3 is 14.9 Å². The second-order valence-electron chi connectivity index (χ2n) is 2.25. The first kappa shape index (κ1) is 11.3. The summed E-state index contributed by atoms with van der Waals surface area (Å²) in [7, 11) is 1.33. The standard InChI is InChI=1S/C9H12O4/c1-4-5-7(13-3)8(10)6(2)9(11)12/h4-5,10H,1H2,2-3H3,(H,11,12)/b7-5+,8-6-. The number of carboxylic acids is 1. The number of allylic oxidation sites excluding steroid dienone is 2. The summed E-state index contributed by atoms with van der Waals surface area (Å²) in [5, 5.41) is 17.9. The van der Waals surface area contributed by atoms with Crippen LogP contribution in [0.1, 0.15) is 6.92 Å². The normalized spacial score (nSPS) is 13.2. The highest BCUT2D eigenvalue weighted by molar-refractivity contribution is 5.87. The maximum absolute atomic E-state index is 10.4. The van der Waals surface area contributed by atoms with Crippen LogP contribution in [0.2, 0.25) is 0 Å². The van der Waals surface area contributed by atoms with Gasteiger partial charge in [0.05, 0.1) is 12.7 Å². The van der Waals surface area contributed by atoms with Crippen molar-refractivity contribution in [1.82, 2.24) is 0 Å². The Morgan fingerprint density at radius 2 is 2.00 bits per heavy atom. The number of aliphatic carboxylic acids is 1. The lowest BCUT2D eigenvalue weighted by Gasteiger charge is -2.05. The van der Waals surface area contributed by atoms with Crippen molar-refractivity contribution >= 4 is 5.97 Å². The fourth-order valence-corrected chi connectivity index (χ4v) is 0.637. The van der Waals surface area contributed by atoms with E-state index in [1.54, 1.807) is 0 Å². The average Bonchev–Trinajstić information content (AvgIpc) is 2.11. The van der Waals surface area contributed by atoms with E-state index in [9.17, 15) is 9.90 Å². The van der Waals surface area contributed by atoms with Gasteiger partial charge in [-0.25, -0.2) is 4.79 Å². The van der Waals surface area contributed by atoms with Crippen LogP contribution in [0.25, 0.3) is 0 Å². The first-order valence-electron chi connectivity index (χ1n) is 3.54. The molecule has 72 valence electrons. The number of carboxylic acid groups (broad SMARTS) is 1. The Balaban J connectivity index is 5.03. The minimum Gasteiger partial charge on any atom is -0.504 e. The second kappa shape index (κ2) is 5.03. The number of hydrogen-bond donors (Lipinski definition) is 2. The van der Waals surface area contributed by atoms with Crippen molar-refractivity contribution in [2.45, 2.75) is 6.92 Å². The molecule has 2 N–H and O–H groups in total. The molecule has 0 aromatic heterocycles. The number of hydrogen-bond acceptors (Lipinski definition) is 3. The van der Waals surface area contributed by atoms with Crippen LogP contribution in [0.15, 0.2) is 35.8 Å². The molecule has 0 radical (unpaired) electrons. The van der Waals surface area contributed by atoms with E-state index in [1.807, 2.05) is 0 Å². The van der Waals surface area contributed by atoms with E-state index in [-0.39, 0.29) is 11.3 Å². The Morgan fingerprint density at radius 3 is 2.31 bits per heavy atom. The summed E-state index contributed by atoms with van der Waals surface area (Å²) in [6, 6.07) is 0. The van der Waals surface area contributed by atoms with E-state index in [1.165, 1.54) is 26.2 Å². The molecule has 0 aromatic rings. The highest BCUT2D eigenvalue weighted by Crippen LogP contribution is 2.12. The van der Waals surface area contributed by atoms with Crippen LogP contribution in [0.3, 0.4) is 0 Å². The van der Waals surface area contributed by atoms with Gasteiger partial charge in [0.25, 0.3) is 0 Å². The summed E-state index contributed by atoms with van der Waals surface area (Å²) in [4.78, 5) is 10.4. The minimum atomic E-state index is -1.19. The molecular weight excluding hydrogens is 172 g/mol. The predicted octanol–water partition coefficient (Wildman–Crippen LogP) is 1.62. The molecule has 0 aliphatic heterocycles. The quantitative estimate of drug-likeness (QED) is 0.396. The summed E-state index contributed by atoms with van der Waals surface area (Å²) < 4.78 is 4.74. The number of aliphatic hydroxyl groups excluding tert-OH is 1. The van der Waals surface area contributed by atoms with E-state index in [4.69, 9.17) is 9.84 Å². The van der Waals surface area contributed by atoms with Gasteiger partial charge in [-0.1, -0.05) is 12.7 Å². The zero-order valence-corrected chi connectivity index (χ0v) is 7.57. The zero-order chi connectivity index (χ0) is 10.4. The SMILES string of the molecule is C=C/C=C(OC)\C(O)=C(/C)C(=O)O. The molecule has 0 aliphatic rings. The minimum absolute atomic E-state index is 0.0786. The van der Waals surface area contributed by atoms with Gasteiger partial charge in [0.1, 0.15) is 0 Å². The first-order valence-corrected chi connectivity index (χ1v) is 3.54. The number of rotatable bonds is 4. The highest BCUT2D eigenvalue weighted by Gasteiger charge is 2.12. The predicted molar refractivity (Wildman–Crippen MR) is 48.3 cm³/mol. The Morgan fingerprint density at radius 1 is 1.46 bits per heavy atom. The number of carbonyl (C=O) groups is 1. The van der Waals surface area contributed by atoms with Crippen molar-refractivity contribution in [3.05, 3.63) is 35.8 Å². The smallest absolute Gasteiger partial charge is 0.335 e. The molecule has 0 saturated heterocycles. The maximum Gasteiger partial charge on any atom is 0.335 e. The second-order valence-corrected chi connectivity index (χ2v) is 2.25. The van der Waals surface area contributed by atoms with Crippen molar-refractivity contribution in [3.8, 4) is 0 Å². The monoisotopic (exact) mass is 184 g/mol. The molecule has 0 aromatic carbocycles. The van der Waals surface area contributed by atoms with Crippen LogP contribution < -0.4 is 0 Å². The Labute approximate surface area is 76.5 Å². The van der Waals surface area contributed by atoms with Crippen LogP contribution in [0, 0.1) is 0 Å². The Hall–Kier alpha value is -1.71. The van der Waals surface area contributed by atoms with Crippen molar-refractivity contribution < 1.29 is 19.7 Å². The molecule has 0 saturated carbocycles. The average molecular weight is 184 g/mol. The lowest BCUT2D eigenvalue weighted by atomic mass is 10.2. The van der Waals surface area contributed by atoms with Gasteiger partial charge in [-0.3, -0.25) is 0 Å². The van der Waals surface area contributed by atoms with Crippen molar-refractivity contribution in [1.29, 1.82) is 0 Å². The summed E-state index contributed by atoms with van der Waals surface area (Å²) >= 11 is 0. The van der Waals surface area contributed by atoms with Gasteiger partial charge in [0.2, 0.25) is 0 Å². The van der Waals surface area contributed by atoms with Crippen molar-refractivity contribution in [3.63, 3.8) is 0 Å². The van der Waals surface area contributed by atoms with E-state index in [0.29, 0.717) is 0 Å². The van der Waals surface area contributed by atoms with Crippen LogP contribution in [0.4, 0.5) is 0 Å². The van der Waals surface area contributed by atoms with Crippen LogP contribution in [-0.2, 0) is 9.53 Å². The van der Waals surface area contributed by atoms with Crippen molar-refractivity contribution in [2.75, 3.05) is 7.11 Å². The molecule has 0 fully saturated rings. The number of ether oxygens (including phenoxy) is 1. The van der Waals surface area contributed by atoms with Gasteiger partial charge in [-0.2, -0.15) is 0 Å². The van der Waals surface area contributed by atoms with Gasteiger partial charge in [-0.05, 0) is 13.0 Å². The molecule has 0 rings (SSSR count). The lowest BCUT2D eigenvalue weighted by Crippen LogP contribution is -2.03. The van der Waals surface area contributed by atoms with E-state index in [2.05, 4.69) is 6.58 Å². The Kier molecular flexibility index (Phi) is 4.37. The maximum atomic E-state index is 10.4. The molecule has 4 heteroatoms. The summed E-state index contributed by atoms with van der Waals surface area (Å²) in [5.74, 6) is -1.51. The van der Waals surface area contributed by atoms with Crippen molar-refractivity contribution in [2.24, 2.45) is 0 Å². The molecule has 0 heterocycles. The van der Waals surface area contributed by atoms with E-state index in [0.717, 1.165) is 0 Å². The molecular formula is C9H12O4. The molecule has 0 aliphatic carbocycles. The number of aliphatic hydroxyl groups is 1. The topological polar surface area (TPSA) is 66.8 Å². The molecule has 0 atom stereocenters. The van der Waals surface area contributed by atoms with Gasteiger partial charge in [0.15, 0.2) is 11.5 Å². The Bertz CT molecular complexity index is 273. The summed E-state index contributed by atoms with van der Waals surface area (Å²) in [6.45, 7) is 4.68. The zero-order valence-electron chi connectivity index (χ0n) is 7.57. The third-order valence-electron chi connectivity index (χ3n) is 1.40. The molecule has 0 unspecified atom stereocenters. The highest BCUT2D eigenvalue weighted by atomic mass is 16.5. The van der Waals surface area contributed by atoms with Gasteiger partial charge in [-0.15, -0.1) is 0 Å². The molecule has 4 nitrogen and oxygen atoms in total. The van der Waals surface area contributed by atoms with E-state index >= 15 is 0 Å². The fourth-order valence-electron chi connectivity index (χ4n) is 0.637.